The van der Waals surface area contributed by atoms with E-state index in [-0.39, 0.29) is 11.1 Å². The lowest BCUT2D eigenvalue weighted by atomic mass is 10.1. The maximum absolute atomic E-state index is 18.1. The third-order valence-corrected chi connectivity index (χ3v) is 18.8. The van der Waals surface area contributed by atoms with Gasteiger partial charge >= 0.3 is 17.3 Å². The largest absolute Gasteiger partial charge is 0.427 e. The molecule has 34 heavy (non-hydrogen) atoms. The molecule has 0 bridgehead atoms. The van der Waals surface area contributed by atoms with Crippen molar-refractivity contribution < 1.29 is 4.11 Å². The van der Waals surface area contributed by atoms with Gasteiger partial charge in [-0.3, -0.25) is 12.6 Å². The van der Waals surface area contributed by atoms with E-state index in [1.807, 2.05) is 30.3 Å². The van der Waals surface area contributed by atoms with Crippen LogP contribution >= 0.6 is 0 Å². The van der Waals surface area contributed by atoms with E-state index in [1.54, 1.807) is 0 Å². The van der Waals surface area contributed by atoms with E-state index < -0.39 is 17.3 Å². The summed E-state index contributed by atoms with van der Waals surface area (Å²) in [7, 11) is -6.74. The zero-order valence-electron chi connectivity index (χ0n) is 21.0. The molecule has 1 aliphatic heterocycles. The molecule has 0 aliphatic carbocycles. The summed E-state index contributed by atoms with van der Waals surface area (Å²) in [6.07, 6.45) is 2.19. The van der Waals surface area contributed by atoms with Crippen molar-refractivity contribution in [3.8, 4) is 0 Å². The molecule has 0 saturated carbocycles. The fraction of sp³-hybridized carbons (Fsp3) is 0.286. The first-order valence-corrected chi connectivity index (χ1v) is 15.6. The van der Waals surface area contributed by atoms with Gasteiger partial charge in [-0.15, -0.1) is 0 Å². The monoisotopic (exact) mass is 487 g/mol. The third kappa shape index (κ3) is 3.13. The van der Waals surface area contributed by atoms with Crippen LogP contribution in [0.15, 0.2) is 97.2 Å². The van der Waals surface area contributed by atoms with Gasteiger partial charge in [0.05, 0.1) is 0 Å². The Morgan fingerprint density at radius 2 is 1.06 bits per heavy atom. The standard InChI is InChI=1S/C28H34FN3Si2/c1-27(2,3)31-33(29,24-16-9-7-10-17-24)32(28(4,5)6)34(31,25-18-11-8-12-19-25)30-22-21-23-15-13-14-20-26(23)30/h7-22H,1-6H3. The second kappa shape index (κ2) is 7.75. The Labute approximate surface area is 205 Å². The third-order valence-electron chi connectivity index (χ3n) is 6.80. The minimum absolute atomic E-state index is 0.383. The Morgan fingerprint density at radius 1 is 0.588 bits per heavy atom. The van der Waals surface area contributed by atoms with Gasteiger partial charge < -0.3 is 4.23 Å². The maximum atomic E-state index is 18.1. The number of nitrogens with zero attached hydrogens (tertiary/aromatic N) is 3. The zero-order chi connectivity index (χ0) is 24.4. The molecule has 0 amide bonds. The van der Waals surface area contributed by atoms with Crippen molar-refractivity contribution in [3.63, 3.8) is 0 Å². The Kier molecular flexibility index (Phi) is 5.29. The first-order chi connectivity index (χ1) is 16.0. The molecule has 1 aromatic heterocycles. The first kappa shape index (κ1) is 23.2. The smallest absolute Gasteiger partial charge is 0.345 e. The summed E-state index contributed by atoms with van der Waals surface area (Å²) in [5.41, 5.74) is 0.392. The lowest BCUT2D eigenvalue weighted by Crippen LogP contribution is -3.05. The van der Waals surface area contributed by atoms with Crippen LogP contribution in [-0.2, 0) is 0 Å². The highest BCUT2D eigenvalue weighted by atomic mass is 28.5. The Morgan fingerprint density at radius 3 is 1.59 bits per heavy atom. The molecular formula is C28H34FN3Si2. The van der Waals surface area contributed by atoms with Crippen molar-refractivity contribution in [3.05, 3.63) is 97.2 Å². The van der Waals surface area contributed by atoms with Gasteiger partial charge in [-0.1, -0.05) is 78.9 Å². The van der Waals surface area contributed by atoms with E-state index in [0.717, 1.165) is 10.7 Å². The number of hydrogen-bond acceptors (Lipinski definition) is 2. The summed E-state index contributed by atoms with van der Waals surface area (Å²) in [6, 6.07) is 31.2. The van der Waals surface area contributed by atoms with E-state index in [0.29, 0.717) is 0 Å². The van der Waals surface area contributed by atoms with Gasteiger partial charge in [0.15, 0.2) is 0 Å². The van der Waals surface area contributed by atoms with Crippen LogP contribution in [-0.4, -0.2) is 41.1 Å². The van der Waals surface area contributed by atoms with Gasteiger partial charge in [0.2, 0.25) is 0 Å². The van der Waals surface area contributed by atoms with Gasteiger partial charge in [-0.25, -0.2) is 0 Å². The number of rotatable bonds is 3. The topological polar surface area (TPSA) is 11.4 Å². The number of hydrogen-bond donors (Lipinski definition) is 0. The van der Waals surface area contributed by atoms with Crippen LogP contribution in [0.3, 0.4) is 0 Å². The molecule has 0 atom stereocenters. The summed E-state index contributed by atoms with van der Waals surface area (Å²) >= 11 is 0. The number of fused-ring (bicyclic) bond motifs is 1. The fourth-order valence-electron chi connectivity index (χ4n) is 5.93. The summed E-state index contributed by atoms with van der Waals surface area (Å²) in [5.74, 6) is 0. The number of para-hydroxylation sites is 1. The van der Waals surface area contributed by atoms with E-state index in [9.17, 15) is 0 Å². The van der Waals surface area contributed by atoms with Gasteiger partial charge in [-0.2, -0.15) is 0 Å². The highest BCUT2D eigenvalue weighted by Crippen LogP contribution is 2.49. The Hall–Kier alpha value is -2.52. The summed E-state index contributed by atoms with van der Waals surface area (Å²) in [5, 5.41) is 3.21. The average molecular weight is 488 g/mol. The normalized spacial score (nSPS) is 24.3. The molecule has 1 fully saturated rings. The molecule has 176 valence electrons. The lowest BCUT2D eigenvalue weighted by molar-refractivity contribution is 0.166. The molecule has 6 heteroatoms. The quantitative estimate of drug-likeness (QED) is 0.284. The average Bonchev–Trinajstić information content (AvgIpc) is 3.20. The van der Waals surface area contributed by atoms with Crippen molar-refractivity contribution in [1.82, 2.24) is 12.7 Å². The van der Waals surface area contributed by atoms with Crippen LogP contribution in [0.4, 0.5) is 4.11 Å². The highest BCUT2D eigenvalue weighted by molar-refractivity contribution is 7.12. The van der Waals surface area contributed by atoms with Crippen molar-refractivity contribution in [1.29, 1.82) is 0 Å². The van der Waals surface area contributed by atoms with Crippen molar-refractivity contribution in [2.75, 3.05) is 0 Å². The number of benzene rings is 3. The molecule has 3 aromatic carbocycles. The van der Waals surface area contributed by atoms with Crippen LogP contribution < -0.4 is 10.4 Å². The second-order valence-electron chi connectivity index (χ2n) is 11.2. The Bertz CT molecular complexity index is 1280. The fourth-order valence-corrected chi connectivity index (χ4v) is 19.8. The van der Waals surface area contributed by atoms with E-state index >= 15 is 4.11 Å². The number of halogens is 1. The molecule has 0 unspecified atom stereocenters. The van der Waals surface area contributed by atoms with Gasteiger partial charge in [0, 0.05) is 21.8 Å². The summed E-state index contributed by atoms with van der Waals surface area (Å²) in [6.45, 7) is 13.0. The highest BCUT2D eigenvalue weighted by Gasteiger charge is 2.81. The summed E-state index contributed by atoms with van der Waals surface area (Å²) < 4.78 is 25.2. The molecule has 0 N–H and O–H groups in total. The molecule has 4 aromatic rings. The SMILES string of the molecule is CC(C)(C)N1[Si](F)(c2ccccc2)N(C(C)(C)C)[Si]1(c1ccccc1)n1ccc2ccccc21. The van der Waals surface area contributed by atoms with Crippen molar-refractivity contribution in [2.45, 2.75) is 52.6 Å². The van der Waals surface area contributed by atoms with Crippen LogP contribution in [0.5, 0.6) is 0 Å². The molecule has 0 spiro atoms. The molecular weight excluding hydrogens is 453 g/mol. The van der Waals surface area contributed by atoms with Crippen LogP contribution in [0.2, 0.25) is 0 Å². The molecule has 3 nitrogen and oxygen atoms in total. The minimum Gasteiger partial charge on any atom is -0.345 e. The predicted octanol–water partition coefficient (Wildman–Crippen LogP) is 5.37. The zero-order valence-corrected chi connectivity index (χ0v) is 23.0. The first-order valence-electron chi connectivity index (χ1n) is 12.0. The van der Waals surface area contributed by atoms with E-state index in [1.165, 1.54) is 10.6 Å². The van der Waals surface area contributed by atoms with Crippen molar-refractivity contribution in [2.24, 2.45) is 0 Å². The van der Waals surface area contributed by atoms with Gasteiger partial charge in [-0.05, 0) is 70.4 Å². The Balaban J connectivity index is 1.93. The molecule has 0 radical (unpaired) electrons. The maximum Gasteiger partial charge on any atom is 0.427 e. The van der Waals surface area contributed by atoms with Crippen LogP contribution in [0.1, 0.15) is 41.5 Å². The molecule has 1 aliphatic rings. The van der Waals surface area contributed by atoms with Crippen molar-refractivity contribution >= 4 is 38.6 Å². The van der Waals surface area contributed by atoms with Gasteiger partial charge in [0.1, 0.15) is 0 Å². The second-order valence-corrected chi connectivity index (χ2v) is 18.0. The van der Waals surface area contributed by atoms with E-state index in [4.69, 9.17) is 0 Å². The molecule has 2 heterocycles. The number of aromatic nitrogens is 1. The summed E-state index contributed by atoms with van der Waals surface area (Å²) in [4.78, 5) is 0. The lowest BCUT2D eigenvalue weighted by Gasteiger charge is -2.73. The minimum atomic E-state index is -3.76. The van der Waals surface area contributed by atoms with Crippen LogP contribution in [0.25, 0.3) is 10.9 Å². The van der Waals surface area contributed by atoms with E-state index in [2.05, 4.69) is 121 Å². The van der Waals surface area contributed by atoms with Gasteiger partial charge in [0.25, 0.3) is 0 Å². The molecule has 5 rings (SSSR count). The predicted molar refractivity (Wildman–Crippen MR) is 145 cm³/mol. The van der Waals surface area contributed by atoms with Crippen LogP contribution in [0, 0.1) is 0 Å². The molecule has 1 saturated heterocycles.